The molecule has 0 radical (unpaired) electrons. The minimum absolute atomic E-state index is 0.0000586. The minimum Gasteiger partial charge on any atom is -0.493 e. The Morgan fingerprint density at radius 2 is 2.00 bits per heavy atom. The largest absolute Gasteiger partial charge is 0.493 e. The molecule has 1 unspecified atom stereocenters. The fourth-order valence-corrected chi connectivity index (χ4v) is 2.65. The van der Waals surface area contributed by atoms with Crippen LogP contribution in [0.2, 0.25) is 5.02 Å². The van der Waals surface area contributed by atoms with Crippen LogP contribution in [0, 0.1) is 5.82 Å². The number of hydrogen-bond acceptors (Lipinski definition) is 4. The van der Waals surface area contributed by atoms with E-state index in [9.17, 15) is 9.50 Å². The zero-order valence-corrected chi connectivity index (χ0v) is 15.1. The molecule has 0 spiro atoms. The molecule has 136 valence electrons. The second-order valence-electron chi connectivity index (χ2n) is 5.61. The summed E-state index contributed by atoms with van der Waals surface area (Å²) < 4.78 is 25.2. The summed E-state index contributed by atoms with van der Waals surface area (Å²) in [5.74, 6) is 0.682. The number of benzene rings is 2. The van der Waals surface area contributed by atoms with Gasteiger partial charge in [0, 0.05) is 23.7 Å². The third kappa shape index (κ3) is 5.08. The molecule has 0 bridgehead atoms. The van der Waals surface area contributed by atoms with E-state index < -0.39 is 5.82 Å². The van der Waals surface area contributed by atoms with Crippen LogP contribution in [0.25, 0.3) is 0 Å². The lowest BCUT2D eigenvalue weighted by Gasteiger charge is -2.18. The quantitative estimate of drug-likeness (QED) is 0.705. The minimum atomic E-state index is -0.409. The van der Waals surface area contributed by atoms with Crippen LogP contribution < -0.4 is 14.8 Å². The molecular weight excluding hydrogens is 345 g/mol. The lowest BCUT2D eigenvalue weighted by Crippen LogP contribution is -2.31. The van der Waals surface area contributed by atoms with Gasteiger partial charge in [-0.2, -0.15) is 0 Å². The van der Waals surface area contributed by atoms with Crippen molar-refractivity contribution in [2.45, 2.75) is 32.5 Å². The lowest BCUT2D eigenvalue weighted by atomic mass is 10.1. The van der Waals surface area contributed by atoms with Crippen LogP contribution in [0.1, 0.15) is 24.5 Å². The number of ether oxygens (including phenoxy) is 2. The van der Waals surface area contributed by atoms with Crippen molar-refractivity contribution < 1.29 is 19.0 Å². The molecule has 2 aromatic rings. The Hall–Kier alpha value is -1.82. The summed E-state index contributed by atoms with van der Waals surface area (Å²) in [7, 11) is 1.55. The van der Waals surface area contributed by atoms with E-state index in [1.165, 1.54) is 6.07 Å². The van der Waals surface area contributed by atoms with Crippen LogP contribution in [-0.4, -0.2) is 24.9 Å². The molecule has 0 amide bonds. The van der Waals surface area contributed by atoms with Crippen LogP contribution in [-0.2, 0) is 13.2 Å². The normalized spacial score (nSPS) is 12.0. The maximum atomic E-state index is 13.9. The second-order valence-corrected chi connectivity index (χ2v) is 6.01. The van der Waals surface area contributed by atoms with Crippen molar-refractivity contribution in [3.63, 3.8) is 0 Å². The van der Waals surface area contributed by atoms with Crippen LogP contribution in [0.3, 0.4) is 0 Å². The van der Waals surface area contributed by atoms with Gasteiger partial charge in [0.05, 0.1) is 18.7 Å². The first-order valence-corrected chi connectivity index (χ1v) is 8.54. The molecule has 0 heterocycles. The Balaban J connectivity index is 2.20. The maximum Gasteiger partial charge on any atom is 0.166 e. The number of aliphatic hydroxyl groups is 1. The zero-order chi connectivity index (χ0) is 18.2. The average Bonchev–Trinajstić information content (AvgIpc) is 2.62. The second kappa shape index (κ2) is 9.61. The molecule has 6 heteroatoms. The Kier molecular flexibility index (Phi) is 7.50. The molecule has 2 rings (SSSR count). The first kappa shape index (κ1) is 19.5. The third-order valence-corrected chi connectivity index (χ3v) is 4.35. The molecule has 1 atom stereocenters. The summed E-state index contributed by atoms with van der Waals surface area (Å²) in [5.41, 5.74) is 1.16. The van der Waals surface area contributed by atoms with Crippen molar-refractivity contribution in [1.29, 1.82) is 0 Å². The number of aliphatic hydroxyl groups excluding tert-OH is 1. The van der Waals surface area contributed by atoms with E-state index in [-0.39, 0.29) is 19.3 Å². The first-order chi connectivity index (χ1) is 12.1. The fourth-order valence-electron chi connectivity index (χ4n) is 2.43. The molecule has 0 aliphatic heterocycles. The van der Waals surface area contributed by atoms with Crippen molar-refractivity contribution in [1.82, 2.24) is 5.32 Å². The van der Waals surface area contributed by atoms with E-state index in [1.54, 1.807) is 25.3 Å². The summed E-state index contributed by atoms with van der Waals surface area (Å²) in [6, 6.07) is 10.1. The highest BCUT2D eigenvalue weighted by molar-refractivity contribution is 6.31. The van der Waals surface area contributed by atoms with Gasteiger partial charge in [0.25, 0.3) is 0 Å². The van der Waals surface area contributed by atoms with Gasteiger partial charge in [-0.05, 0) is 24.6 Å². The van der Waals surface area contributed by atoms with E-state index in [0.29, 0.717) is 28.6 Å². The first-order valence-electron chi connectivity index (χ1n) is 8.16. The average molecular weight is 368 g/mol. The smallest absolute Gasteiger partial charge is 0.166 e. The summed E-state index contributed by atoms with van der Waals surface area (Å²) in [5, 5.41) is 12.9. The van der Waals surface area contributed by atoms with Gasteiger partial charge in [-0.3, -0.25) is 0 Å². The number of hydrogen-bond donors (Lipinski definition) is 2. The highest BCUT2D eigenvalue weighted by atomic mass is 35.5. The molecule has 2 N–H and O–H groups in total. The van der Waals surface area contributed by atoms with Gasteiger partial charge in [0.2, 0.25) is 0 Å². The predicted octanol–water partition coefficient (Wildman–Crippen LogP) is 3.93. The third-order valence-electron chi connectivity index (χ3n) is 4.00. The Morgan fingerprint density at radius 3 is 2.64 bits per heavy atom. The molecule has 2 aromatic carbocycles. The molecule has 0 aromatic heterocycles. The van der Waals surface area contributed by atoms with Crippen LogP contribution in [0.4, 0.5) is 4.39 Å². The van der Waals surface area contributed by atoms with Gasteiger partial charge in [0.1, 0.15) is 12.4 Å². The molecule has 0 aliphatic rings. The maximum absolute atomic E-state index is 13.9. The lowest BCUT2D eigenvalue weighted by molar-refractivity contribution is 0.236. The molecule has 0 fully saturated rings. The fraction of sp³-hybridized carbons (Fsp3) is 0.368. The molecule has 25 heavy (non-hydrogen) atoms. The Labute approximate surface area is 152 Å². The molecule has 0 saturated heterocycles. The highest BCUT2D eigenvalue weighted by Crippen LogP contribution is 2.33. The number of para-hydroxylation sites is 1. The van der Waals surface area contributed by atoms with Crippen LogP contribution >= 0.6 is 11.6 Å². The van der Waals surface area contributed by atoms with E-state index in [0.717, 1.165) is 12.0 Å². The van der Waals surface area contributed by atoms with Crippen LogP contribution in [0.5, 0.6) is 11.5 Å². The highest BCUT2D eigenvalue weighted by Gasteiger charge is 2.14. The van der Waals surface area contributed by atoms with Crippen molar-refractivity contribution in [2.24, 2.45) is 0 Å². The van der Waals surface area contributed by atoms with Gasteiger partial charge >= 0.3 is 0 Å². The monoisotopic (exact) mass is 367 g/mol. The molecule has 0 saturated carbocycles. The van der Waals surface area contributed by atoms with E-state index >= 15 is 0 Å². The summed E-state index contributed by atoms with van der Waals surface area (Å²) >= 11 is 6.06. The standard InChI is InChI=1S/C19H23ClFNO3/c1-3-14(11-23)22-10-13-6-4-9-18(24-2)19(13)25-12-15-16(20)7-5-8-17(15)21/h4-9,14,22-23H,3,10-12H2,1-2H3. The topological polar surface area (TPSA) is 50.7 Å². The summed E-state index contributed by atoms with van der Waals surface area (Å²) in [6.45, 7) is 2.55. The van der Waals surface area contributed by atoms with Crippen LogP contribution in [0.15, 0.2) is 36.4 Å². The number of methoxy groups -OCH3 is 1. The Bertz CT molecular complexity index is 672. The van der Waals surface area contributed by atoms with E-state index in [1.807, 2.05) is 19.1 Å². The van der Waals surface area contributed by atoms with Gasteiger partial charge in [0.15, 0.2) is 11.5 Å². The predicted molar refractivity (Wildman–Crippen MR) is 96.7 cm³/mol. The zero-order valence-electron chi connectivity index (χ0n) is 14.4. The van der Waals surface area contributed by atoms with Gasteiger partial charge in [-0.25, -0.2) is 4.39 Å². The van der Waals surface area contributed by atoms with Gasteiger partial charge in [-0.1, -0.05) is 36.7 Å². The van der Waals surface area contributed by atoms with E-state index in [4.69, 9.17) is 21.1 Å². The van der Waals surface area contributed by atoms with Crippen molar-refractivity contribution in [2.75, 3.05) is 13.7 Å². The van der Waals surface area contributed by atoms with Crippen molar-refractivity contribution >= 4 is 11.6 Å². The van der Waals surface area contributed by atoms with Gasteiger partial charge in [-0.15, -0.1) is 0 Å². The molecular formula is C19H23ClFNO3. The van der Waals surface area contributed by atoms with Crippen molar-refractivity contribution in [3.05, 3.63) is 58.4 Å². The van der Waals surface area contributed by atoms with Crippen molar-refractivity contribution in [3.8, 4) is 11.5 Å². The molecule has 4 nitrogen and oxygen atoms in total. The van der Waals surface area contributed by atoms with E-state index in [2.05, 4.69) is 5.32 Å². The molecule has 0 aliphatic carbocycles. The number of rotatable bonds is 9. The summed E-state index contributed by atoms with van der Waals surface area (Å²) in [4.78, 5) is 0. The van der Waals surface area contributed by atoms with Gasteiger partial charge < -0.3 is 19.9 Å². The number of nitrogens with one attached hydrogen (secondary N) is 1. The Morgan fingerprint density at radius 1 is 1.24 bits per heavy atom. The summed E-state index contributed by atoms with van der Waals surface area (Å²) in [6.07, 6.45) is 0.807. The number of halogens is 2. The SMILES string of the molecule is CCC(CO)NCc1cccc(OC)c1OCc1c(F)cccc1Cl.